The molecule has 0 bridgehead atoms. The van der Waals surface area contributed by atoms with E-state index in [0.29, 0.717) is 17.8 Å². The van der Waals surface area contributed by atoms with Crippen molar-refractivity contribution in [3.63, 3.8) is 0 Å². The first-order chi connectivity index (χ1) is 14.6. The van der Waals surface area contributed by atoms with Crippen LogP contribution in [0.5, 0.6) is 0 Å². The summed E-state index contributed by atoms with van der Waals surface area (Å²) in [6, 6.07) is 21.0. The molecule has 0 amide bonds. The third-order valence-electron chi connectivity index (χ3n) is 4.56. The van der Waals surface area contributed by atoms with Crippen molar-refractivity contribution in [1.29, 1.82) is 0 Å². The van der Waals surface area contributed by atoms with Crippen LogP contribution in [0, 0.1) is 6.92 Å². The molecule has 4 rings (SSSR count). The lowest BCUT2D eigenvalue weighted by molar-refractivity contribution is 0.0509. The van der Waals surface area contributed by atoms with E-state index in [-0.39, 0.29) is 12.6 Å². The van der Waals surface area contributed by atoms with Gasteiger partial charge in [-0.05, 0) is 42.8 Å². The molecule has 4 aromatic rings. The average molecular weight is 416 g/mol. The number of benzene rings is 2. The third kappa shape index (κ3) is 4.55. The van der Waals surface area contributed by atoms with Crippen LogP contribution in [0.25, 0.3) is 21.7 Å². The van der Waals surface area contributed by atoms with Gasteiger partial charge in [-0.25, -0.2) is 14.8 Å². The van der Waals surface area contributed by atoms with Crippen LogP contribution in [0.2, 0.25) is 0 Å². The standard InChI is InChI=1S/C24H21N3O2S/c1-16-6-5-9-18(14-16)22-23(19-10-12-26-20(25)15-19)30-21(27-22)11-13-29-24(28)17-7-3-2-4-8-17/h2-10,12,14-15H,11,13H2,1H3,(H2,25,26). The van der Waals surface area contributed by atoms with E-state index >= 15 is 0 Å². The second kappa shape index (κ2) is 8.88. The van der Waals surface area contributed by atoms with E-state index in [1.807, 2.05) is 36.4 Å². The molecular weight excluding hydrogens is 394 g/mol. The second-order valence-electron chi connectivity index (χ2n) is 6.88. The Labute approximate surface area is 179 Å². The number of aryl methyl sites for hydroxylation is 1. The normalized spacial score (nSPS) is 10.7. The maximum absolute atomic E-state index is 12.2. The van der Waals surface area contributed by atoms with E-state index in [0.717, 1.165) is 26.7 Å². The number of hydrogen-bond donors (Lipinski definition) is 1. The minimum absolute atomic E-state index is 0.270. The molecule has 30 heavy (non-hydrogen) atoms. The minimum atomic E-state index is -0.326. The number of carbonyl (C=O) groups excluding carboxylic acids is 1. The Balaban J connectivity index is 1.58. The van der Waals surface area contributed by atoms with E-state index in [1.165, 1.54) is 5.56 Å². The van der Waals surface area contributed by atoms with Gasteiger partial charge in [0.05, 0.1) is 27.7 Å². The summed E-state index contributed by atoms with van der Waals surface area (Å²) in [5.74, 6) is 0.141. The molecule has 150 valence electrons. The van der Waals surface area contributed by atoms with E-state index in [2.05, 4.69) is 30.1 Å². The molecule has 2 N–H and O–H groups in total. The van der Waals surface area contributed by atoms with Crippen molar-refractivity contribution in [1.82, 2.24) is 9.97 Å². The maximum Gasteiger partial charge on any atom is 0.338 e. The number of esters is 1. The van der Waals surface area contributed by atoms with Gasteiger partial charge in [0.25, 0.3) is 0 Å². The summed E-state index contributed by atoms with van der Waals surface area (Å²) in [5, 5.41) is 0.901. The fourth-order valence-electron chi connectivity index (χ4n) is 3.13. The topological polar surface area (TPSA) is 78.1 Å². The number of anilines is 1. The lowest BCUT2D eigenvalue weighted by Gasteiger charge is -2.04. The molecule has 0 fully saturated rings. The summed E-state index contributed by atoms with van der Waals surface area (Å²) >= 11 is 1.58. The largest absolute Gasteiger partial charge is 0.462 e. The predicted molar refractivity (Wildman–Crippen MR) is 120 cm³/mol. The van der Waals surface area contributed by atoms with Gasteiger partial charge < -0.3 is 10.5 Å². The number of nitrogen functional groups attached to an aromatic ring is 1. The maximum atomic E-state index is 12.2. The van der Waals surface area contributed by atoms with Crippen molar-refractivity contribution in [2.75, 3.05) is 12.3 Å². The van der Waals surface area contributed by atoms with Gasteiger partial charge in [0.15, 0.2) is 0 Å². The molecule has 2 heterocycles. The van der Waals surface area contributed by atoms with Gasteiger partial charge in [-0.3, -0.25) is 0 Å². The molecule has 0 spiro atoms. The summed E-state index contributed by atoms with van der Waals surface area (Å²) in [5.41, 5.74) is 10.5. The number of rotatable bonds is 6. The van der Waals surface area contributed by atoms with Crippen LogP contribution < -0.4 is 5.73 Å². The summed E-state index contributed by atoms with van der Waals surface area (Å²) in [6.45, 7) is 2.33. The first-order valence-electron chi connectivity index (χ1n) is 9.61. The van der Waals surface area contributed by atoms with Crippen LogP contribution in [0.3, 0.4) is 0 Å². The highest BCUT2D eigenvalue weighted by atomic mass is 32.1. The van der Waals surface area contributed by atoms with Crippen LogP contribution >= 0.6 is 11.3 Å². The van der Waals surface area contributed by atoms with Gasteiger partial charge in [0, 0.05) is 18.2 Å². The van der Waals surface area contributed by atoms with Gasteiger partial charge in [0.1, 0.15) is 5.82 Å². The molecule has 5 nitrogen and oxygen atoms in total. The number of nitrogens with two attached hydrogens (primary N) is 1. The number of nitrogens with zero attached hydrogens (tertiary/aromatic N) is 2. The zero-order valence-corrected chi connectivity index (χ0v) is 17.4. The quantitative estimate of drug-likeness (QED) is 0.440. The number of carbonyl (C=O) groups is 1. The van der Waals surface area contributed by atoms with Crippen LogP contribution in [0.15, 0.2) is 72.9 Å². The molecule has 0 aliphatic heterocycles. The van der Waals surface area contributed by atoms with Crippen molar-refractivity contribution in [2.45, 2.75) is 13.3 Å². The number of hydrogen-bond acceptors (Lipinski definition) is 6. The molecule has 2 aromatic heterocycles. The van der Waals surface area contributed by atoms with E-state index in [4.69, 9.17) is 15.5 Å². The highest BCUT2D eigenvalue weighted by molar-refractivity contribution is 7.15. The van der Waals surface area contributed by atoms with Crippen LogP contribution in [-0.2, 0) is 11.2 Å². The van der Waals surface area contributed by atoms with Gasteiger partial charge >= 0.3 is 5.97 Å². The lowest BCUT2D eigenvalue weighted by Crippen LogP contribution is -2.07. The highest BCUT2D eigenvalue weighted by Gasteiger charge is 2.16. The number of pyridine rings is 1. The Morgan fingerprint density at radius 2 is 1.87 bits per heavy atom. The molecule has 0 aliphatic carbocycles. The summed E-state index contributed by atoms with van der Waals surface area (Å²) in [6.07, 6.45) is 2.24. The van der Waals surface area contributed by atoms with Crippen LogP contribution in [0.4, 0.5) is 5.82 Å². The smallest absolute Gasteiger partial charge is 0.338 e. The molecule has 0 aliphatic rings. The molecule has 0 saturated carbocycles. The van der Waals surface area contributed by atoms with Crippen molar-refractivity contribution >= 4 is 23.1 Å². The van der Waals surface area contributed by atoms with Gasteiger partial charge in [-0.1, -0.05) is 42.0 Å². The van der Waals surface area contributed by atoms with Gasteiger partial charge in [0.2, 0.25) is 0 Å². The SMILES string of the molecule is Cc1cccc(-c2nc(CCOC(=O)c3ccccc3)sc2-c2ccnc(N)c2)c1. The number of aromatic nitrogens is 2. The molecular formula is C24H21N3O2S. The summed E-state index contributed by atoms with van der Waals surface area (Å²) in [4.78, 5) is 22.1. The van der Waals surface area contributed by atoms with Crippen molar-refractivity contribution in [2.24, 2.45) is 0 Å². The zero-order valence-electron chi connectivity index (χ0n) is 16.5. The van der Waals surface area contributed by atoms with Gasteiger partial charge in [-0.2, -0.15) is 0 Å². The monoisotopic (exact) mass is 415 g/mol. The van der Waals surface area contributed by atoms with E-state index in [9.17, 15) is 4.79 Å². The zero-order chi connectivity index (χ0) is 20.9. The van der Waals surface area contributed by atoms with Gasteiger partial charge in [-0.15, -0.1) is 11.3 Å². The first kappa shape index (κ1) is 19.8. The summed E-state index contributed by atoms with van der Waals surface area (Å²) < 4.78 is 5.43. The fraction of sp³-hybridized carbons (Fsp3) is 0.125. The summed E-state index contributed by atoms with van der Waals surface area (Å²) in [7, 11) is 0. The predicted octanol–water partition coefficient (Wildman–Crippen LogP) is 5.16. The Morgan fingerprint density at radius 3 is 2.63 bits per heavy atom. The Bertz CT molecular complexity index is 1110. The molecule has 0 atom stereocenters. The Kier molecular flexibility index (Phi) is 5.86. The van der Waals surface area contributed by atoms with Crippen molar-refractivity contribution in [3.05, 3.63) is 89.1 Å². The molecule has 6 heteroatoms. The Morgan fingerprint density at radius 1 is 1.03 bits per heavy atom. The van der Waals surface area contributed by atoms with Crippen LogP contribution in [-0.4, -0.2) is 22.5 Å². The number of ether oxygens (including phenoxy) is 1. The highest BCUT2D eigenvalue weighted by Crippen LogP contribution is 2.37. The minimum Gasteiger partial charge on any atom is -0.462 e. The fourth-order valence-corrected chi connectivity index (χ4v) is 4.20. The van der Waals surface area contributed by atoms with Crippen molar-refractivity contribution < 1.29 is 9.53 Å². The van der Waals surface area contributed by atoms with E-state index < -0.39 is 0 Å². The lowest BCUT2D eigenvalue weighted by atomic mass is 10.1. The molecule has 0 saturated heterocycles. The third-order valence-corrected chi connectivity index (χ3v) is 5.73. The second-order valence-corrected chi connectivity index (χ2v) is 7.96. The molecule has 0 unspecified atom stereocenters. The van der Waals surface area contributed by atoms with Crippen molar-refractivity contribution in [3.8, 4) is 21.7 Å². The number of thiazole rings is 1. The first-order valence-corrected chi connectivity index (χ1v) is 10.4. The van der Waals surface area contributed by atoms with E-state index in [1.54, 1.807) is 29.7 Å². The molecule has 0 radical (unpaired) electrons. The Hall–Kier alpha value is -3.51. The average Bonchev–Trinajstić information content (AvgIpc) is 3.19. The molecule has 2 aromatic carbocycles. The van der Waals surface area contributed by atoms with Crippen LogP contribution in [0.1, 0.15) is 20.9 Å².